The second-order valence-electron chi connectivity index (χ2n) is 9.61. The van der Waals surface area contributed by atoms with Crippen molar-refractivity contribution in [3.05, 3.63) is 69.7 Å². The molecule has 1 aliphatic heterocycles. The second kappa shape index (κ2) is 15.2. The highest BCUT2D eigenvalue weighted by Crippen LogP contribution is 2.25. The van der Waals surface area contributed by atoms with Crippen molar-refractivity contribution < 1.29 is 43.4 Å². The number of carboxylic acid groups (broad SMARTS) is 1. The van der Waals surface area contributed by atoms with Crippen molar-refractivity contribution in [3.63, 3.8) is 0 Å². The smallest absolute Gasteiger partial charge is 0.408 e. The van der Waals surface area contributed by atoms with Gasteiger partial charge >= 0.3 is 18.0 Å². The van der Waals surface area contributed by atoms with Crippen molar-refractivity contribution in [1.29, 1.82) is 0 Å². The molecule has 0 saturated heterocycles. The van der Waals surface area contributed by atoms with Crippen LogP contribution in [-0.4, -0.2) is 65.3 Å². The highest BCUT2D eigenvalue weighted by atomic mass is 35.5. The Kier molecular flexibility index (Phi) is 11.7. The molecule has 0 aliphatic carbocycles. The van der Waals surface area contributed by atoms with E-state index < -0.39 is 60.9 Å². The van der Waals surface area contributed by atoms with E-state index in [0.29, 0.717) is 5.71 Å². The maximum absolute atomic E-state index is 12.9. The van der Waals surface area contributed by atoms with Gasteiger partial charge in [0.1, 0.15) is 12.6 Å². The number of hydrogen-bond donors (Lipinski definition) is 3. The molecule has 3 N–H and O–H groups in total. The van der Waals surface area contributed by atoms with Gasteiger partial charge < -0.3 is 30.1 Å². The lowest BCUT2D eigenvalue weighted by Crippen LogP contribution is -2.49. The minimum atomic E-state index is -1.54. The molecule has 0 fully saturated rings. The van der Waals surface area contributed by atoms with Crippen molar-refractivity contribution in [2.24, 2.45) is 11.1 Å². The van der Waals surface area contributed by atoms with Crippen molar-refractivity contribution in [1.82, 2.24) is 10.6 Å². The highest BCUT2D eigenvalue weighted by molar-refractivity contribution is 6.39. The first-order chi connectivity index (χ1) is 20.0. The van der Waals surface area contributed by atoms with Gasteiger partial charge in [-0.05, 0) is 23.6 Å². The molecule has 0 radical (unpaired) electrons. The second-order valence-corrected chi connectivity index (χ2v) is 10.4. The van der Waals surface area contributed by atoms with Crippen LogP contribution in [0, 0.1) is 5.92 Å². The molecule has 2 aromatic carbocycles. The normalized spacial score (nSPS) is 15.5. The maximum atomic E-state index is 12.9. The van der Waals surface area contributed by atoms with Gasteiger partial charge in [-0.15, -0.1) is 0 Å². The topological polar surface area (TPSA) is 170 Å². The number of carboxylic acids is 1. The van der Waals surface area contributed by atoms with Crippen LogP contribution in [-0.2, 0) is 35.3 Å². The summed E-state index contributed by atoms with van der Waals surface area (Å²) in [6.07, 6.45) is -2.70. The van der Waals surface area contributed by atoms with Gasteiger partial charge in [0, 0.05) is 6.42 Å². The third-order valence-electron chi connectivity index (χ3n) is 6.09. The van der Waals surface area contributed by atoms with Gasteiger partial charge in [0.05, 0.1) is 33.8 Å². The average molecular weight is 622 g/mol. The Hall–Kier alpha value is -4.16. The molecule has 0 aromatic heterocycles. The standard InChI is InChI=1S/C28H29Cl2N3O9/c1-15(2)25(32-28(39)41-13-16-7-4-3-5-8-16)20-11-22(42-33-20)26(37)31-19(12-23(35)36)21(34)14-40-27(38)24-17(29)9-6-10-18(24)30/h3-10,15,19,22,25H,11-14H2,1-2H3,(H,31,37)(H,32,39)(H,35,36)/t19-,22?,25-/m0/s1. The number of nitrogens with zero attached hydrogens (tertiary/aromatic N) is 1. The average Bonchev–Trinajstić information content (AvgIpc) is 3.43. The lowest BCUT2D eigenvalue weighted by Gasteiger charge is -2.21. The quantitative estimate of drug-likeness (QED) is 0.282. The van der Waals surface area contributed by atoms with E-state index in [2.05, 4.69) is 15.8 Å². The van der Waals surface area contributed by atoms with Crippen LogP contribution in [0.15, 0.2) is 53.7 Å². The summed E-state index contributed by atoms with van der Waals surface area (Å²) < 4.78 is 10.2. The molecule has 224 valence electrons. The highest BCUT2D eigenvalue weighted by Gasteiger charge is 2.36. The van der Waals surface area contributed by atoms with E-state index in [-0.39, 0.29) is 34.6 Å². The lowest BCUT2D eigenvalue weighted by atomic mass is 9.95. The SMILES string of the molecule is CC(C)[C@H](NC(=O)OCc1ccccc1)C1=NOC(C(=O)N[C@@H](CC(=O)O)C(=O)COC(=O)c2c(Cl)cccc2Cl)C1. The molecule has 1 aliphatic rings. The molecule has 1 heterocycles. The molecule has 12 nitrogen and oxygen atoms in total. The summed E-state index contributed by atoms with van der Waals surface area (Å²) in [7, 11) is 0. The van der Waals surface area contributed by atoms with Gasteiger partial charge in [0.2, 0.25) is 6.10 Å². The van der Waals surface area contributed by atoms with E-state index in [9.17, 15) is 29.1 Å². The summed E-state index contributed by atoms with van der Waals surface area (Å²) in [6, 6.07) is 11.3. The molecule has 0 spiro atoms. The zero-order chi connectivity index (χ0) is 30.8. The van der Waals surface area contributed by atoms with Crippen LogP contribution in [0.4, 0.5) is 4.79 Å². The fourth-order valence-electron chi connectivity index (χ4n) is 3.93. The first-order valence-electron chi connectivity index (χ1n) is 12.8. The summed E-state index contributed by atoms with van der Waals surface area (Å²) >= 11 is 12.0. The van der Waals surface area contributed by atoms with E-state index in [1.165, 1.54) is 18.2 Å². The number of Topliss-reactive ketones (excluding diaryl/α,β-unsaturated/α-hetero) is 1. The van der Waals surface area contributed by atoms with Crippen molar-refractivity contribution in [2.75, 3.05) is 6.61 Å². The Morgan fingerprint density at radius 2 is 1.67 bits per heavy atom. The summed E-state index contributed by atoms with van der Waals surface area (Å²) in [6.45, 7) is 2.87. The Morgan fingerprint density at radius 3 is 2.29 bits per heavy atom. The molecule has 0 bridgehead atoms. The van der Waals surface area contributed by atoms with E-state index in [1.54, 1.807) is 0 Å². The van der Waals surface area contributed by atoms with Crippen molar-refractivity contribution >= 4 is 58.6 Å². The molecular weight excluding hydrogens is 593 g/mol. The van der Waals surface area contributed by atoms with Crippen LogP contribution >= 0.6 is 23.2 Å². The number of rotatable bonds is 13. The molecular formula is C28H29Cl2N3O9. The van der Waals surface area contributed by atoms with Crippen molar-refractivity contribution in [2.45, 2.75) is 51.5 Å². The van der Waals surface area contributed by atoms with Gasteiger partial charge in [0.15, 0.2) is 12.4 Å². The predicted molar refractivity (Wildman–Crippen MR) is 151 cm³/mol. The Morgan fingerprint density at radius 1 is 1.00 bits per heavy atom. The summed E-state index contributed by atoms with van der Waals surface area (Å²) in [4.78, 5) is 67.1. The Labute approximate surface area is 251 Å². The summed E-state index contributed by atoms with van der Waals surface area (Å²) in [5.74, 6) is -4.23. The third-order valence-corrected chi connectivity index (χ3v) is 6.72. The fourth-order valence-corrected chi connectivity index (χ4v) is 4.49. The number of esters is 1. The first-order valence-corrected chi connectivity index (χ1v) is 13.6. The van der Waals surface area contributed by atoms with E-state index in [1.807, 2.05) is 44.2 Å². The van der Waals surface area contributed by atoms with Crippen LogP contribution in [0.1, 0.15) is 42.6 Å². The number of carbonyl (C=O) groups excluding carboxylic acids is 4. The monoisotopic (exact) mass is 621 g/mol. The van der Waals surface area contributed by atoms with Gasteiger partial charge in [-0.2, -0.15) is 0 Å². The molecule has 2 amide bonds. The number of halogens is 2. The van der Waals surface area contributed by atoms with Crippen LogP contribution < -0.4 is 10.6 Å². The van der Waals surface area contributed by atoms with E-state index >= 15 is 0 Å². The number of alkyl carbamates (subject to hydrolysis) is 1. The minimum absolute atomic E-state index is 0.00294. The third kappa shape index (κ3) is 9.18. The predicted octanol–water partition coefficient (Wildman–Crippen LogP) is 3.77. The number of benzene rings is 2. The van der Waals surface area contributed by atoms with E-state index in [0.717, 1.165) is 5.56 Å². The zero-order valence-electron chi connectivity index (χ0n) is 22.7. The van der Waals surface area contributed by atoms with Gasteiger partial charge in [-0.25, -0.2) is 9.59 Å². The Bertz CT molecular complexity index is 1330. The lowest BCUT2D eigenvalue weighted by molar-refractivity contribution is -0.142. The Balaban J connectivity index is 1.56. The number of oxime groups is 1. The maximum Gasteiger partial charge on any atom is 0.408 e. The minimum Gasteiger partial charge on any atom is -0.481 e. The number of ketones is 1. The number of nitrogens with one attached hydrogen (secondary N) is 2. The van der Waals surface area contributed by atoms with Gasteiger partial charge in [-0.1, -0.05) is 78.6 Å². The molecule has 42 heavy (non-hydrogen) atoms. The number of hydrogen-bond acceptors (Lipinski definition) is 9. The number of aliphatic carboxylic acids is 1. The molecule has 14 heteroatoms. The van der Waals surface area contributed by atoms with Crippen molar-refractivity contribution in [3.8, 4) is 0 Å². The van der Waals surface area contributed by atoms with Crippen LogP contribution in [0.25, 0.3) is 0 Å². The number of carbonyl (C=O) groups is 5. The number of amides is 2. The van der Waals surface area contributed by atoms with Gasteiger partial charge in [-0.3, -0.25) is 14.4 Å². The molecule has 0 saturated carbocycles. The van der Waals surface area contributed by atoms with Crippen LogP contribution in [0.3, 0.4) is 0 Å². The zero-order valence-corrected chi connectivity index (χ0v) is 24.2. The van der Waals surface area contributed by atoms with Gasteiger partial charge in [0.25, 0.3) is 5.91 Å². The molecule has 3 rings (SSSR count). The fraction of sp³-hybridized carbons (Fsp3) is 0.357. The van der Waals surface area contributed by atoms with Crippen LogP contribution in [0.2, 0.25) is 10.0 Å². The van der Waals surface area contributed by atoms with E-state index in [4.69, 9.17) is 37.5 Å². The first kappa shape index (κ1) is 32.4. The molecule has 1 unspecified atom stereocenters. The molecule has 2 aromatic rings. The largest absolute Gasteiger partial charge is 0.481 e. The molecule has 3 atom stereocenters. The summed E-state index contributed by atoms with van der Waals surface area (Å²) in [5, 5.41) is 18.3. The van der Waals surface area contributed by atoms with Crippen LogP contribution in [0.5, 0.6) is 0 Å². The summed E-state index contributed by atoms with van der Waals surface area (Å²) in [5.41, 5.74) is 1.00. The number of ether oxygens (including phenoxy) is 2.